The number of aromatic nitrogens is 1. The number of anilines is 1. The van der Waals surface area contributed by atoms with Crippen LogP contribution in [0.15, 0.2) is 65.9 Å². The summed E-state index contributed by atoms with van der Waals surface area (Å²) in [6.45, 7) is 6.54. The topological polar surface area (TPSA) is 144 Å². The number of nitrogen functional groups attached to an aromatic ring is 1. The van der Waals surface area contributed by atoms with Crippen molar-refractivity contribution < 1.29 is 29.0 Å². The predicted octanol–water partition coefficient (Wildman–Crippen LogP) is 4.01. The molecule has 0 radical (unpaired) electrons. The van der Waals surface area contributed by atoms with E-state index in [9.17, 15) is 19.5 Å². The largest absolute Gasteiger partial charge is 0.463 e. The lowest BCUT2D eigenvalue weighted by Crippen LogP contribution is -2.51. The fraction of sp³-hybridized carbons (Fsp3) is 0.471. The van der Waals surface area contributed by atoms with Crippen LogP contribution in [0.2, 0.25) is 0 Å². The lowest BCUT2D eigenvalue weighted by atomic mass is 9.71. The Kier molecular flexibility index (Phi) is 8.96. The molecule has 0 saturated carbocycles. The van der Waals surface area contributed by atoms with Crippen molar-refractivity contribution in [3.8, 4) is 0 Å². The van der Waals surface area contributed by atoms with Crippen LogP contribution in [0, 0.1) is 11.8 Å². The SMILES string of the molecule is CCN[C@@H]1C=C[C@@H](CC)C[C@H]1COC(=O)[C@]12O[C@@]1(C/C(CO)=C(\C)CCc1ccnc(N)c1)C(=O)c1ccccc1C2=O. The number of ketones is 2. The van der Waals surface area contributed by atoms with Crippen LogP contribution in [0.5, 0.6) is 0 Å². The highest BCUT2D eigenvalue weighted by atomic mass is 16.7. The monoisotopic (exact) mass is 587 g/mol. The first kappa shape index (κ1) is 30.8. The molecule has 0 bridgehead atoms. The van der Waals surface area contributed by atoms with Gasteiger partial charge < -0.3 is 25.6 Å². The molecule has 0 unspecified atom stereocenters. The first-order valence-corrected chi connectivity index (χ1v) is 15.2. The highest BCUT2D eigenvalue weighted by molar-refractivity contribution is 6.32. The van der Waals surface area contributed by atoms with Crippen LogP contribution >= 0.6 is 0 Å². The van der Waals surface area contributed by atoms with Crippen molar-refractivity contribution in [2.24, 2.45) is 11.8 Å². The number of Topliss-reactive ketones (excluding diaryl/α,β-unsaturated/α-hetero) is 2. The van der Waals surface area contributed by atoms with Gasteiger partial charge in [0.15, 0.2) is 11.4 Å². The van der Waals surface area contributed by atoms with Crippen molar-refractivity contribution >= 4 is 23.4 Å². The Morgan fingerprint density at radius 1 is 1.16 bits per heavy atom. The summed E-state index contributed by atoms with van der Waals surface area (Å²) in [4.78, 5) is 45.9. The molecule has 1 saturated heterocycles. The van der Waals surface area contributed by atoms with Gasteiger partial charge >= 0.3 is 5.97 Å². The molecule has 1 aromatic carbocycles. The third-order valence-electron chi connectivity index (χ3n) is 9.23. The van der Waals surface area contributed by atoms with E-state index in [4.69, 9.17) is 15.2 Å². The number of benzene rings is 1. The number of carbonyl (C=O) groups excluding carboxylic acids is 3. The van der Waals surface area contributed by atoms with E-state index in [-0.39, 0.29) is 42.7 Å². The molecular formula is C34H41N3O6. The number of aliphatic hydroxyl groups is 1. The fourth-order valence-electron chi connectivity index (χ4n) is 6.58. The van der Waals surface area contributed by atoms with Gasteiger partial charge in [-0.25, -0.2) is 9.78 Å². The number of nitrogens with two attached hydrogens (primary N) is 1. The molecule has 2 aliphatic carbocycles. The number of ether oxygens (including phenoxy) is 2. The number of nitrogens with one attached hydrogen (secondary N) is 1. The van der Waals surface area contributed by atoms with Gasteiger partial charge in [-0.15, -0.1) is 0 Å². The van der Waals surface area contributed by atoms with Crippen LogP contribution in [0.4, 0.5) is 5.82 Å². The summed E-state index contributed by atoms with van der Waals surface area (Å²) in [5, 5.41) is 13.8. The summed E-state index contributed by atoms with van der Waals surface area (Å²) in [7, 11) is 0. The van der Waals surface area contributed by atoms with E-state index in [1.54, 1.807) is 36.5 Å². The summed E-state index contributed by atoms with van der Waals surface area (Å²) >= 11 is 0. The first-order chi connectivity index (χ1) is 20.7. The molecule has 2 aromatic rings. The number of rotatable bonds is 12. The van der Waals surface area contributed by atoms with Crippen LogP contribution in [-0.2, 0) is 20.7 Å². The molecule has 1 fully saturated rings. The second-order valence-electron chi connectivity index (χ2n) is 11.9. The van der Waals surface area contributed by atoms with E-state index < -0.39 is 28.7 Å². The Morgan fingerprint density at radius 2 is 1.91 bits per heavy atom. The number of likely N-dealkylation sites (N-methyl/N-ethyl adjacent to an activating group) is 1. The molecule has 9 heteroatoms. The van der Waals surface area contributed by atoms with Gasteiger partial charge in [0.05, 0.1) is 13.2 Å². The molecule has 1 aliphatic heterocycles. The second kappa shape index (κ2) is 12.5. The van der Waals surface area contributed by atoms with Crippen LogP contribution < -0.4 is 11.1 Å². The zero-order valence-corrected chi connectivity index (χ0v) is 25.1. The predicted molar refractivity (Wildman–Crippen MR) is 162 cm³/mol. The fourth-order valence-corrected chi connectivity index (χ4v) is 6.58. The van der Waals surface area contributed by atoms with Gasteiger partial charge in [-0.1, -0.05) is 55.8 Å². The van der Waals surface area contributed by atoms with E-state index in [0.717, 1.165) is 30.5 Å². The summed E-state index contributed by atoms with van der Waals surface area (Å²) in [6.07, 6.45) is 8.91. The van der Waals surface area contributed by atoms with Crippen molar-refractivity contribution in [3.63, 3.8) is 0 Å². The Balaban J connectivity index is 1.42. The van der Waals surface area contributed by atoms with Gasteiger partial charge in [0.2, 0.25) is 5.78 Å². The Bertz CT molecular complexity index is 1470. The lowest BCUT2D eigenvalue weighted by Gasteiger charge is -2.32. The van der Waals surface area contributed by atoms with E-state index >= 15 is 0 Å². The second-order valence-corrected chi connectivity index (χ2v) is 11.9. The Hall–Kier alpha value is -3.66. The summed E-state index contributed by atoms with van der Waals surface area (Å²) in [6, 6.07) is 10.2. The molecule has 1 aromatic heterocycles. The van der Waals surface area contributed by atoms with Gasteiger partial charge in [-0.05, 0) is 68.3 Å². The molecule has 3 aliphatic rings. The quantitative estimate of drug-likeness (QED) is 0.145. The third-order valence-corrected chi connectivity index (χ3v) is 9.23. The number of esters is 1. The maximum Gasteiger partial charge on any atom is 0.350 e. The molecule has 228 valence electrons. The maximum atomic E-state index is 14.0. The smallest absolute Gasteiger partial charge is 0.350 e. The maximum absolute atomic E-state index is 14.0. The Morgan fingerprint density at radius 3 is 2.58 bits per heavy atom. The zero-order chi connectivity index (χ0) is 30.8. The van der Waals surface area contributed by atoms with Gasteiger partial charge in [0.25, 0.3) is 5.60 Å². The number of pyridine rings is 1. The van der Waals surface area contributed by atoms with E-state index in [1.165, 1.54) is 0 Å². The Labute approximate surface area is 252 Å². The van der Waals surface area contributed by atoms with Crippen molar-refractivity contribution in [1.29, 1.82) is 0 Å². The number of aliphatic hydroxyl groups excluding tert-OH is 1. The minimum absolute atomic E-state index is 0.0162. The van der Waals surface area contributed by atoms with Crippen molar-refractivity contribution in [2.75, 3.05) is 25.5 Å². The van der Waals surface area contributed by atoms with Crippen molar-refractivity contribution in [2.45, 2.75) is 70.1 Å². The summed E-state index contributed by atoms with van der Waals surface area (Å²) in [5.74, 6) is -1.05. The molecule has 4 N–H and O–H groups in total. The van der Waals surface area contributed by atoms with Gasteiger partial charge in [0.1, 0.15) is 5.82 Å². The molecule has 2 heterocycles. The zero-order valence-electron chi connectivity index (χ0n) is 25.1. The van der Waals surface area contributed by atoms with E-state index in [0.29, 0.717) is 30.2 Å². The molecule has 0 amide bonds. The number of hydrogen-bond donors (Lipinski definition) is 3. The number of fused-ring (bicyclic) bond motifs is 2. The van der Waals surface area contributed by atoms with Crippen molar-refractivity contribution in [3.05, 3.63) is 82.6 Å². The van der Waals surface area contributed by atoms with Crippen LogP contribution in [0.1, 0.15) is 72.7 Å². The standard InChI is InChI=1S/C34H41N3O6/c1-4-22-12-13-28(36-5-2)24(16-22)20-42-32(41)34-31(40)27-9-7-6-8-26(27)30(39)33(34,43-34)18-25(19-38)21(3)10-11-23-14-15-37-29(35)17-23/h6-9,12-15,17,22,24,28,36,38H,4-5,10-11,16,18-20H2,1-3H3,(H2,35,37)/b25-21-/t22-,24+,28-,33+,34+/m1/s1. The average molecular weight is 588 g/mol. The third kappa shape index (κ3) is 5.57. The van der Waals surface area contributed by atoms with Gasteiger partial charge in [-0.2, -0.15) is 0 Å². The number of aryl methyl sites for hydroxylation is 1. The summed E-state index contributed by atoms with van der Waals surface area (Å²) in [5.41, 5.74) is 4.71. The molecule has 5 atom stereocenters. The average Bonchev–Trinajstić information content (AvgIpc) is 3.72. The molecule has 0 spiro atoms. The number of hydrogen-bond acceptors (Lipinski definition) is 9. The lowest BCUT2D eigenvalue weighted by molar-refractivity contribution is -0.149. The molecule has 9 nitrogen and oxygen atoms in total. The van der Waals surface area contributed by atoms with Gasteiger partial charge in [0, 0.05) is 35.7 Å². The number of epoxide rings is 1. The minimum Gasteiger partial charge on any atom is -0.463 e. The minimum atomic E-state index is -2.08. The summed E-state index contributed by atoms with van der Waals surface area (Å²) < 4.78 is 11.9. The van der Waals surface area contributed by atoms with E-state index in [2.05, 4.69) is 29.4 Å². The van der Waals surface area contributed by atoms with Crippen LogP contribution in [0.25, 0.3) is 0 Å². The molecular weight excluding hydrogens is 546 g/mol. The first-order valence-electron chi connectivity index (χ1n) is 15.2. The number of carbonyl (C=O) groups is 3. The number of nitrogens with zero attached hydrogens (tertiary/aromatic N) is 1. The highest BCUT2D eigenvalue weighted by Gasteiger charge is 2.85. The highest BCUT2D eigenvalue weighted by Crippen LogP contribution is 2.59. The molecule has 43 heavy (non-hydrogen) atoms. The van der Waals surface area contributed by atoms with E-state index in [1.807, 2.05) is 19.9 Å². The van der Waals surface area contributed by atoms with Crippen LogP contribution in [0.3, 0.4) is 0 Å². The van der Waals surface area contributed by atoms with Crippen LogP contribution in [-0.4, -0.2) is 64.6 Å². The number of allylic oxidation sites excluding steroid dienone is 2. The van der Waals surface area contributed by atoms with Gasteiger partial charge in [-0.3, -0.25) is 9.59 Å². The normalized spacial score (nSPS) is 28.1. The van der Waals surface area contributed by atoms with Crippen molar-refractivity contribution in [1.82, 2.24) is 10.3 Å². The molecule has 5 rings (SSSR count).